The zero-order chi connectivity index (χ0) is 15.2. The van der Waals surface area contributed by atoms with Crippen molar-refractivity contribution in [2.75, 3.05) is 11.9 Å². The monoisotopic (exact) mass is 287 g/mol. The number of ether oxygens (including phenoxy) is 1. The molecule has 0 aliphatic carbocycles. The molecule has 2 aromatic rings. The molecule has 0 aliphatic heterocycles. The lowest BCUT2D eigenvalue weighted by Crippen LogP contribution is -2.12. The fourth-order valence-electron chi connectivity index (χ4n) is 1.62. The molecule has 6 heteroatoms. The predicted octanol–water partition coefficient (Wildman–Crippen LogP) is 2.11. The average molecular weight is 287 g/mol. The molecule has 2 rings (SSSR count). The molecule has 21 heavy (non-hydrogen) atoms. The van der Waals surface area contributed by atoms with Crippen molar-refractivity contribution in [3.05, 3.63) is 54.1 Å². The van der Waals surface area contributed by atoms with Gasteiger partial charge in [-0.3, -0.25) is 4.79 Å². The number of amides is 1. The van der Waals surface area contributed by atoms with Gasteiger partial charge in [-0.05, 0) is 36.4 Å². The molecule has 3 N–H and O–H groups in total. The SMILES string of the molecule is O=C(O)COc1cccc(NC(=O)c2ccc(O)cc2)c1. The van der Waals surface area contributed by atoms with Crippen LogP contribution in [0.1, 0.15) is 10.4 Å². The van der Waals surface area contributed by atoms with E-state index in [-0.39, 0.29) is 11.7 Å². The number of nitrogens with one attached hydrogen (secondary N) is 1. The van der Waals surface area contributed by atoms with Gasteiger partial charge in [-0.1, -0.05) is 6.07 Å². The van der Waals surface area contributed by atoms with Crippen molar-refractivity contribution in [2.24, 2.45) is 0 Å². The summed E-state index contributed by atoms with van der Waals surface area (Å²) in [5.41, 5.74) is 0.876. The highest BCUT2D eigenvalue weighted by Gasteiger charge is 2.07. The third-order valence-corrected chi connectivity index (χ3v) is 2.58. The smallest absolute Gasteiger partial charge is 0.341 e. The number of carbonyl (C=O) groups is 2. The molecule has 0 fully saturated rings. The Hall–Kier alpha value is -3.02. The summed E-state index contributed by atoms with van der Waals surface area (Å²) in [7, 11) is 0. The van der Waals surface area contributed by atoms with E-state index in [1.165, 1.54) is 30.3 Å². The van der Waals surface area contributed by atoms with Gasteiger partial charge in [0.05, 0.1) is 0 Å². The minimum absolute atomic E-state index is 0.0793. The van der Waals surface area contributed by atoms with Crippen molar-refractivity contribution >= 4 is 17.6 Å². The number of carboxylic acids is 1. The Labute approximate surface area is 120 Å². The summed E-state index contributed by atoms with van der Waals surface area (Å²) in [6, 6.07) is 12.3. The predicted molar refractivity (Wildman–Crippen MR) is 75.6 cm³/mol. The van der Waals surface area contributed by atoms with Crippen LogP contribution in [0.25, 0.3) is 0 Å². The number of carboxylic acid groups (broad SMARTS) is 1. The Morgan fingerprint density at radius 1 is 1.10 bits per heavy atom. The van der Waals surface area contributed by atoms with Gasteiger partial charge >= 0.3 is 5.97 Å². The van der Waals surface area contributed by atoms with Crippen LogP contribution >= 0.6 is 0 Å². The highest BCUT2D eigenvalue weighted by atomic mass is 16.5. The molecule has 0 aliphatic rings. The van der Waals surface area contributed by atoms with Gasteiger partial charge in [-0.2, -0.15) is 0 Å². The maximum atomic E-state index is 12.0. The minimum atomic E-state index is -1.08. The molecule has 0 radical (unpaired) electrons. The Balaban J connectivity index is 2.05. The van der Waals surface area contributed by atoms with Crippen LogP contribution in [0.5, 0.6) is 11.5 Å². The molecule has 0 unspecified atom stereocenters. The quantitative estimate of drug-likeness (QED) is 0.782. The van der Waals surface area contributed by atoms with Gasteiger partial charge in [0.2, 0.25) is 0 Å². The van der Waals surface area contributed by atoms with Gasteiger partial charge in [0, 0.05) is 17.3 Å². The van der Waals surface area contributed by atoms with Crippen LogP contribution in [0.3, 0.4) is 0 Å². The minimum Gasteiger partial charge on any atom is -0.508 e. The topological polar surface area (TPSA) is 95.9 Å². The van der Waals surface area contributed by atoms with E-state index in [0.29, 0.717) is 17.0 Å². The number of aromatic hydroxyl groups is 1. The number of phenols is 1. The van der Waals surface area contributed by atoms with Crippen LogP contribution in [0.15, 0.2) is 48.5 Å². The summed E-state index contributed by atoms with van der Waals surface area (Å²) in [4.78, 5) is 22.4. The maximum absolute atomic E-state index is 12.0. The average Bonchev–Trinajstić information content (AvgIpc) is 2.46. The summed E-state index contributed by atoms with van der Waals surface area (Å²) in [5, 5.41) is 20.4. The Morgan fingerprint density at radius 3 is 2.48 bits per heavy atom. The molecule has 0 saturated carbocycles. The molecular weight excluding hydrogens is 274 g/mol. The normalized spacial score (nSPS) is 9.90. The second-order valence-electron chi connectivity index (χ2n) is 4.21. The number of phenolic OH excluding ortho intramolecular Hbond substituents is 1. The number of carbonyl (C=O) groups excluding carboxylic acids is 1. The van der Waals surface area contributed by atoms with Crippen molar-refractivity contribution in [3.63, 3.8) is 0 Å². The first-order valence-electron chi connectivity index (χ1n) is 6.09. The fourth-order valence-corrected chi connectivity index (χ4v) is 1.62. The first kappa shape index (κ1) is 14.4. The fraction of sp³-hybridized carbons (Fsp3) is 0.0667. The number of rotatable bonds is 5. The Morgan fingerprint density at radius 2 is 1.81 bits per heavy atom. The molecule has 0 heterocycles. The molecule has 108 valence electrons. The standard InChI is InChI=1S/C15H13NO5/c17-12-6-4-10(5-7-12)15(20)16-11-2-1-3-13(8-11)21-9-14(18)19/h1-8,17H,9H2,(H,16,20)(H,18,19). The summed E-state index contributed by atoms with van der Waals surface area (Å²) in [5.74, 6) is -0.990. The summed E-state index contributed by atoms with van der Waals surface area (Å²) in [6.07, 6.45) is 0. The van der Waals surface area contributed by atoms with Crippen LogP contribution in [-0.2, 0) is 4.79 Å². The van der Waals surface area contributed by atoms with E-state index < -0.39 is 12.6 Å². The van der Waals surface area contributed by atoms with E-state index in [1.807, 2.05) is 0 Å². The number of aliphatic carboxylic acids is 1. The highest BCUT2D eigenvalue weighted by molar-refractivity contribution is 6.04. The van der Waals surface area contributed by atoms with E-state index >= 15 is 0 Å². The molecule has 0 spiro atoms. The maximum Gasteiger partial charge on any atom is 0.341 e. The molecule has 6 nitrogen and oxygen atoms in total. The summed E-state index contributed by atoms with van der Waals surface area (Å²) < 4.78 is 5.03. The lowest BCUT2D eigenvalue weighted by atomic mass is 10.2. The number of benzene rings is 2. The van der Waals surface area contributed by atoms with Crippen LogP contribution in [-0.4, -0.2) is 28.7 Å². The second kappa shape index (κ2) is 6.42. The first-order valence-corrected chi connectivity index (χ1v) is 6.09. The highest BCUT2D eigenvalue weighted by Crippen LogP contribution is 2.18. The van der Waals surface area contributed by atoms with Crippen molar-refractivity contribution < 1.29 is 24.5 Å². The van der Waals surface area contributed by atoms with Gasteiger partial charge < -0.3 is 20.3 Å². The molecule has 0 saturated heterocycles. The van der Waals surface area contributed by atoms with Gasteiger partial charge in [-0.25, -0.2) is 4.79 Å². The Bertz CT molecular complexity index is 651. The van der Waals surface area contributed by atoms with Gasteiger partial charge in [0.1, 0.15) is 11.5 Å². The molecule has 1 amide bonds. The van der Waals surface area contributed by atoms with Crippen molar-refractivity contribution in [1.29, 1.82) is 0 Å². The van der Waals surface area contributed by atoms with E-state index in [9.17, 15) is 14.7 Å². The van der Waals surface area contributed by atoms with E-state index in [1.54, 1.807) is 18.2 Å². The lowest BCUT2D eigenvalue weighted by Gasteiger charge is -2.08. The largest absolute Gasteiger partial charge is 0.508 e. The second-order valence-corrected chi connectivity index (χ2v) is 4.21. The van der Waals surface area contributed by atoms with Crippen LogP contribution < -0.4 is 10.1 Å². The Kier molecular flexibility index (Phi) is 4.40. The van der Waals surface area contributed by atoms with Crippen molar-refractivity contribution in [2.45, 2.75) is 0 Å². The molecule has 0 atom stereocenters. The van der Waals surface area contributed by atoms with Crippen LogP contribution in [0.2, 0.25) is 0 Å². The first-order chi connectivity index (χ1) is 10.0. The third kappa shape index (κ3) is 4.24. The van der Waals surface area contributed by atoms with Crippen LogP contribution in [0, 0.1) is 0 Å². The van der Waals surface area contributed by atoms with Gasteiger partial charge in [0.15, 0.2) is 6.61 Å². The number of anilines is 1. The van der Waals surface area contributed by atoms with Crippen molar-refractivity contribution in [3.8, 4) is 11.5 Å². The molecule has 0 bridgehead atoms. The molecule has 2 aromatic carbocycles. The van der Waals surface area contributed by atoms with E-state index in [0.717, 1.165) is 0 Å². The third-order valence-electron chi connectivity index (χ3n) is 2.58. The van der Waals surface area contributed by atoms with E-state index in [2.05, 4.69) is 5.32 Å². The number of hydrogen-bond donors (Lipinski definition) is 3. The molecule has 0 aromatic heterocycles. The number of hydrogen-bond acceptors (Lipinski definition) is 4. The summed E-state index contributed by atoms with van der Waals surface area (Å²) >= 11 is 0. The van der Waals surface area contributed by atoms with Crippen molar-refractivity contribution in [1.82, 2.24) is 0 Å². The summed E-state index contributed by atoms with van der Waals surface area (Å²) in [6.45, 7) is -0.449. The zero-order valence-corrected chi connectivity index (χ0v) is 10.9. The molecular formula is C15H13NO5. The van der Waals surface area contributed by atoms with Gasteiger partial charge in [-0.15, -0.1) is 0 Å². The van der Waals surface area contributed by atoms with E-state index in [4.69, 9.17) is 9.84 Å². The zero-order valence-electron chi connectivity index (χ0n) is 10.9. The van der Waals surface area contributed by atoms with Crippen LogP contribution in [0.4, 0.5) is 5.69 Å². The van der Waals surface area contributed by atoms with Gasteiger partial charge in [0.25, 0.3) is 5.91 Å². The lowest BCUT2D eigenvalue weighted by molar-refractivity contribution is -0.139.